The van der Waals surface area contributed by atoms with Crippen molar-refractivity contribution in [2.24, 2.45) is 0 Å². The summed E-state index contributed by atoms with van der Waals surface area (Å²) in [6.45, 7) is 6.06. The molecule has 0 radical (unpaired) electrons. The van der Waals surface area contributed by atoms with Crippen molar-refractivity contribution in [1.29, 1.82) is 5.26 Å². The van der Waals surface area contributed by atoms with Crippen LogP contribution in [0.15, 0.2) is 55.2 Å². The normalized spacial score (nSPS) is 24.7. The van der Waals surface area contributed by atoms with Gasteiger partial charge in [-0.05, 0) is 44.2 Å². The first-order valence-corrected chi connectivity index (χ1v) is 21.1. The Labute approximate surface area is 351 Å². The second-order valence-corrected chi connectivity index (χ2v) is 16.7. The number of methoxy groups -OCH3 is 1. The number of rotatable bonds is 9. The fourth-order valence-electron chi connectivity index (χ4n) is 9.71. The molecule has 4 saturated heterocycles. The van der Waals surface area contributed by atoms with Gasteiger partial charge in [-0.1, -0.05) is 0 Å². The molecule has 2 bridgehead atoms. The summed E-state index contributed by atoms with van der Waals surface area (Å²) in [7, 11) is 1.52. The summed E-state index contributed by atoms with van der Waals surface area (Å²) in [5.74, 6) is 0.238. The number of nitrogens with zero attached hydrogens (tertiary/aromatic N) is 10. The predicted octanol–water partition coefficient (Wildman–Crippen LogP) is 3.37. The van der Waals surface area contributed by atoms with Crippen LogP contribution in [0.5, 0.6) is 5.75 Å². The second-order valence-electron chi connectivity index (χ2n) is 16.7. The molecule has 1 saturated carbocycles. The van der Waals surface area contributed by atoms with E-state index in [0.29, 0.717) is 78.4 Å². The SMILES string of the molecule is COc1cc(N2CCN([C@H]3CC[C@H](n4cc(-c5cn6ncc(C#N)c6c(-c6ccc(N7C[C@H]8COC[C@@H](C7)N8)nc6)n5)cn4)CC3)CC2)c(F)cc1NC1CCC(=O)NC1=O. The highest BCUT2D eigenvalue weighted by Crippen LogP contribution is 2.37. The zero-order chi connectivity index (χ0) is 41.6. The van der Waals surface area contributed by atoms with Crippen LogP contribution in [-0.2, 0) is 14.3 Å². The summed E-state index contributed by atoms with van der Waals surface area (Å²) in [5.41, 5.74) is 4.98. The molecule has 4 aliphatic heterocycles. The summed E-state index contributed by atoms with van der Waals surface area (Å²) >= 11 is 0. The number of aromatic nitrogens is 6. The number of fused-ring (bicyclic) bond motifs is 3. The minimum atomic E-state index is -0.639. The van der Waals surface area contributed by atoms with Crippen molar-refractivity contribution < 1.29 is 23.5 Å². The van der Waals surface area contributed by atoms with Gasteiger partial charge in [0, 0.05) is 99.5 Å². The first-order valence-electron chi connectivity index (χ1n) is 21.1. The number of pyridine rings is 1. The van der Waals surface area contributed by atoms with Crippen LogP contribution in [0.2, 0.25) is 0 Å². The molecule has 316 valence electrons. The van der Waals surface area contributed by atoms with Crippen LogP contribution in [0.3, 0.4) is 0 Å². The minimum absolute atomic E-state index is 0.224. The van der Waals surface area contributed by atoms with Gasteiger partial charge in [0.1, 0.15) is 40.6 Å². The highest BCUT2D eigenvalue weighted by molar-refractivity contribution is 6.01. The maximum atomic E-state index is 15.6. The van der Waals surface area contributed by atoms with Crippen LogP contribution in [0.4, 0.5) is 21.6 Å². The monoisotopic (exact) mass is 829 g/mol. The molecule has 5 aliphatic rings. The predicted molar refractivity (Wildman–Crippen MR) is 224 cm³/mol. The van der Waals surface area contributed by atoms with E-state index in [2.05, 4.69) is 52.7 Å². The van der Waals surface area contributed by atoms with Crippen molar-refractivity contribution in [2.45, 2.75) is 68.7 Å². The van der Waals surface area contributed by atoms with E-state index in [-0.39, 0.29) is 36.3 Å². The molecule has 3 atom stereocenters. The average molecular weight is 830 g/mol. The summed E-state index contributed by atoms with van der Waals surface area (Å²) in [5, 5.41) is 28.3. The third kappa shape index (κ3) is 7.73. The van der Waals surface area contributed by atoms with Gasteiger partial charge in [-0.15, -0.1) is 0 Å². The third-order valence-electron chi connectivity index (χ3n) is 12.9. The lowest BCUT2D eigenvalue weighted by Crippen LogP contribution is -2.63. The third-order valence-corrected chi connectivity index (χ3v) is 12.9. The molecule has 4 aromatic heterocycles. The van der Waals surface area contributed by atoms with Crippen molar-refractivity contribution in [2.75, 3.05) is 74.7 Å². The van der Waals surface area contributed by atoms with Crippen LogP contribution in [-0.4, -0.2) is 130 Å². The number of nitrogens with one attached hydrogen (secondary N) is 3. The number of hydrogen-bond donors (Lipinski definition) is 3. The Hall–Kier alpha value is -6.16. The smallest absolute Gasteiger partial charge is 0.249 e. The molecular weight excluding hydrogens is 782 g/mol. The summed E-state index contributed by atoms with van der Waals surface area (Å²) in [6.07, 6.45) is 13.8. The maximum Gasteiger partial charge on any atom is 0.249 e. The van der Waals surface area contributed by atoms with Gasteiger partial charge in [-0.25, -0.2) is 18.9 Å². The summed E-state index contributed by atoms with van der Waals surface area (Å²) < 4.78 is 30.7. The van der Waals surface area contributed by atoms with E-state index in [1.165, 1.54) is 13.2 Å². The Balaban J connectivity index is 0.777. The lowest BCUT2D eigenvalue weighted by Gasteiger charge is -2.42. The Morgan fingerprint density at radius 1 is 0.918 bits per heavy atom. The number of carbonyl (C=O) groups excluding carboxylic acids is 2. The number of imide groups is 1. The number of ether oxygens (including phenoxy) is 2. The van der Waals surface area contributed by atoms with Gasteiger partial charge in [0.15, 0.2) is 0 Å². The molecule has 2 amide bonds. The van der Waals surface area contributed by atoms with Gasteiger partial charge in [-0.2, -0.15) is 15.5 Å². The van der Waals surface area contributed by atoms with Gasteiger partial charge in [0.05, 0.1) is 67.7 Å². The quantitative estimate of drug-likeness (QED) is 0.184. The fourth-order valence-corrected chi connectivity index (χ4v) is 9.71. The van der Waals surface area contributed by atoms with Crippen molar-refractivity contribution in [3.05, 3.63) is 66.6 Å². The van der Waals surface area contributed by atoms with Crippen LogP contribution in [0, 0.1) is 17.1 Å². The van der Waals surface area contributed by atoms with E-state index >= 15 is 4.39 Å². The number of carbonyl (C=O) groups is 2. The van der Waals surface area contributed by atoms with Crippen LogP contribution < -0.4 is 30.5 Å². The lowest BCUT2D eigenvalue weighted by molar-refractivity contribution is -0.133. The Morgan fingerprint density at radius 2 is 1.70 bits per heavy atom. The molecule has 0 spiro atoms. The Morgan fingerprint density at radius 3 is 2.43 bits per heavy atom. The van der Waals surface area contributed by atoms with Crippen LogP contribution in [0.1, 0.15) is 50.1 Å². The number of hydrogen-bond acceptors (Lipinski definition) is 14. The van der Waals surface area contributed by atoms with E-state index < -0.39 is 11.9 Å². The zero-order valence-corrected chi connectivity index (χ0v) is 34.0. The molecule has 5 fully saturated rings. The molecule has 61 heavy (non-hydrogen) atoms. The summed E-state index contributed by atoms with van der Waals surface area (Å²) in [6, 6.07) is 10.0. The molecule has 8 heterocycles. The van der Waals surface area contributed by atoms with E-state index in [0.717, 1.165) is 68.8 Å². The van der Waals surface area contributed by atoms with Gasteiger partial charge < -0.3 is 29.9 Å². The van der Waals surface area contributed by atoms with Gasteiger partial charge >= 0.3 is 0 Å². The number of nitriles is 1. The van der Waals surface area contributed by atoms with E-state index in [9.17, 15) is 14.9 Å². The molecular formula is C43H48FN13O4. The number of anilines is 3. The number of piperidine rings is 1. The molecule has 1 aliphatic carbocycles. The van der Waals surface area contributed by atoms with Crippen molar-refractivity contribution in [1.82, 2.24) is 44.9 Å². The molecule has 1 unspecified atom stereocenters. The summed E-state index contributed by atoms with van der Waals surface area (Å²) in [4.78, 5) is 40.7. The first kappa shape index (κ1) is 39.0. The fraction of sp³-hybridized carbons (Fsp3) is 0.465. The number of halogens is 1. The Bertz CT molecular complexity index is 2470. The number of benzene rings is 1. The highest BCUT2D eigenvalue weighted by atomic mass is 19.1. The van der Waals surface area contributed by atoms with E-state index in [4.69, 9.17) is 24.5 Å². The van der Waals surface area contributed by atoms with Gasteiger partial charge in [-0.3, -0.25) is 24.5 Å². The first-order chi connectivity index (χ1) is 29.8. The number of morpholine rings is 1. The molecule has 18 heteroatoms. The van der Waals surface area contributed by atoms with Gasteiger partial charge in [0.2, 0.25) is 11.8 Å². The maximum absolute atomic E-state index is 15.6. The lowest BCUT2D eigenvalue weighted by atomic mass is 9.90. The van der Waals surface area contributed by atoms with Crippen LogP contribution in [0.25, 0.3) is 28.0 Å². The molecule has 10 rings (SSSR count). The molecule has 1 aromatic carbocycles. The second kappa shape index (κ2) is 16.4. The van der Waals surface area contributed by atoms with Crippen molar-refractivity contribution in [3.8, 4) is 34.3 Å². The highest BCUT2D eigenvalue weighted by Gasteiger charge is 2.33. The zero-order valence-electron chi connectivity index (χ0n) is 34.0. The average Bonchev–Trinajstić information content (AvgIpc) is 3.96. The number of piperazine rings is 2. The largest absolute Gasteiger partial charge is 0.495 e. The van der Waals surface area contributed by atoms with E-state index in [1.807, 2.05) is 30.7 Å². The molecule has 3 N–H and O–H groups in total. The standard InChI is InChI=1S/C43H48FN13O4/c1-60-38-15-37(33(44)14-35(38)50-34-7-9-40(58)52-43(34)59)54-12-10-53(11-13-54)31-3-5-32(6-4-31)56-20-28(19-47-56)36-23-57-42(27(16-45)18-48-57)41(51-36)26-2-8-39(46-17-26)55-21-29-24-61-25-30(22-55)49-29/h2,8,14-15,17-20,23,29-32,34,49-50H,3-7,9-13,21-22,24-25H2,1H3,(H,52,58,59)/t29-,30+,31-,32-,34?. The topological polar surface area (TPSA) is 183 Å². The Kier molecular flexibility index (Phi) is 10.5. The van der Waals surface area contributed by atoms with Gasteiger partial charge in [0.25, 0.3) is 0 Å². The van der Waals surface area contributed by atoms with E-state index in [1.54, 1.807) is 16.8 Å². The van der Waals surface area contributed by atoms with Crippen LogP contribution >= 0.6 is 0 Å². The molecule has 17 nitrogen and oxygen atoms in total. The number of amides is 2. The van der Waals surface area contributed by atoms with Crippen molar-refractivity contribution in [3.63, 3.8) is 0 Å². The minimum Gasteiger partial charge on any atom is -0.495 e. The molecule has 5 aromatic rings. The van der Waals surface area contributed by atoms with Crippen molar-refractivity contribution >= 4 is 34.5 Å².